The van der Waals surface area contributed by atoms with Gasteiger partial charge in [0.1, 0.15) is 5.78 Å². The Morgan fingerprint density at radius 3 is 2.52 bits per heavy atom. The molecule has 1 unspecified atom stereocenters. The maximum Gasteiger partial charge on any atom is 0.269 e. The number of fused-ring (bicyclic) bond motifs is 3. The van der Waals surface area contributed by atoms with Crippen molar-refractivity contribution in [2.45, 2.75) is 25.2 Å². The number of allylic oxidation sites excluding steroid dienone is 1. The van der Waals surface area contributed by atoms with Gasteiger partial charge in [0.25, 0.3) is 5.69 Å². The minimum absolute atomic E-state index is 0.0822. The van der Waals surface area contributed by atoms with E-state index >= 15 is 0 Å². The van der Waals surface area contributed by atoms with E-state index in [9.17, 15) is 24.8 Å². The topological polar surface area (TPSA) is 113 Å². The van der Waals surface area contributed by atoms with Gasteiger partial charge in [0.05, 0.1) is 16.5 Å². The highest BCUT2D eigenvalue weighted by molar-refractivity contribution is 6.25. The fraction of sp³-hybridized carbons (Fsp3) is 0.227. The second-order valence-electron chi connectivity index (χ2n) is 7.49. The van der Waals surface area contributed by atoms with E-state index in [2.05, 4.69) is 4.99 Å². The summed E-state index contributed by atoms with van der Waals surface area (Å²) < 4.78 is 0. The normalized spacial score (nSPS) is 22.7. The third kappa shape index (κ3) is 2.47. The molecule has 2 aromatic rings. The van der Waals surface area contributed by atoms with E-state index in [0.29, 0.717) is 47.4 Å². The van der Waals surface area contributed by atoms with E-state index < -0.39 is 22.5 Å². The fourth-order valence-corrected chi connectivity index (χ4v) is 4.68. The van der Waals surface area contributed by atoms with Gasteiger partial charge in [0.2, 0.25) is 0 Å². The lowest BCUT2D eigenvalue weighted by Crippen LogP contribution is -2.38. The molecule has 1 heterocycles. The van der Waals surface area contributed by atoms with Crippen LogP contribution in [-0.4, -0.2) is 22.2 Å². The highest BCUT2D eigenvalue weighted by Crippen LogP contribution is 2.51. The van der Waals surface area contributed by atoms with Gasteiger partial charge in [0.15, 0.2) is 5.78 Å². The molecular weight excluding hydrogens is 372 g/mol. The number of hydrogen-bond acceptors (Lipinski definition) is 6. The molecule has 0 spiro atoms. The molecule has 7 nitrogen and oxygen atoms in total. The Balaban J connectivity index is 1.78. The quantitative estimate of drug-likeness (QED) is 0.580. The molecule has 144 valence electrons. The number of ketones is 2. The summed E-state index contributed by atoms with van der Waals surface area (Å²) in [6, 6.07) is 10.5. The van der Waals surface area contributed by atoms with Gasteiger partial charge in [-0.3, -0.25) is 24.7 Å². The second-order valence-corrected chi connectivity index (χ2v) is 7.49. The van der Waals surface area contributed by atoms with Gasteiger partial charge in [-0.05, 0) is 18.4 Å². The first-order chi connectivity index (χ1) is 14.0. The van der Waals surface area contributed by atoms with Gasteiger partial charge in [-0.15, -0.1) is 5.75 Å². The van der Waals surface area contributed by atoms with Crippen LogP contribution in [0.4, 0.5) is 5.69 Å². The molecule has 0 N–H and O–H groups in total. The number of non-ortho nitro benzene ring substituents is 1. The number of nitrogens with zero attached hydrogens (tertiary/aromatic N) is 2. The van der Waals surface area contributed by atoms with Crippen LogP contribution in [0.3, 0.4) is 0 Å². The lowest BCUT2D eigenvalue weighted by atomic mass is 9.69. The molecule has 2 atom stereocenters. The van der Waals surface area contributed by atoms with E-state index in [1.807, 2.05) is 6.07 Å². The van der Waals surface area contributed by atoms with Gasteiger partial charge < -0.3 is 5.11 Å². The van der Waals surface area contributed by atoms with Crippen molar-refractivity contribution < 1.29 is 19.6 Å². The summed E-state index contributed by atoms with van der Waals surface area (Å²) in [6.45, 7) is 0. The first-order valence-corrected chi connectivity index (χ1v) is 9.41. The lowest BCUT2D eigenvalue weighted by molar-refractivity contribution is -0.385. The average Bonchev–Trinajstić information content (AvgIpc) is 2.99. The molecule has 1 aliphatic heterocycles. The third-order valence-corrected chi connectivity index (χ3v) is 5.93. The zero-order valence-corrected chi connectivity index (χ0v) is 15.3. The smallest absolute Gasteiger partial charge is 0.269 e. The predicted octanol–water partition coefficient (Wildman–Crippen LogP) is 3.18. The van der Waals surface area contributed by atoms with Crippen LogP contribution < -0.4 is 5.11 Å². The second kappa shape index (κ2) is 6.20. The summed E-state index contributed by atoms with van der Waals surface area (Å²) in [6.07, 6.45) is 1.61. The number of carbonyl (C=O) groups is 2. The standard InChI is InChI=1S/C22H16N2O5/c25-16-9-8-11(24(28)29)10-14(16)18-19-15(6-3-7-17(19)26)23-21-12-4-1-2-5-13(12)22(27)20(18)21/h1-2,4-5,8-10,18-19,25H,3,6-7H2/p-1/t18-,19?/m0/s1. The lowest BCUT2D eigenvalue weighted by Gasteiger charge is -2.36. The van der Waals surface area contributed by atoms with Crippen molar-refractivity contribution in [2.24, 2.45) is 10.9 Å². The van der Waals surface area contributed by atoms with Crippen LogP contribution in [0.15, 0.2) is 53.0 Å². The number of aliphatic imine (C=N–C) groups is 1. The van der Waals surface area contributed by atoms with E-state index in [4.69, 9.17) is 0 Å². The van der Waals surface area contributed by atoms with Crippen molar-refractivity contribution in [3.05, 3.63) is 74.8 Å². The summed E-state index contributed by atoms with van der Waals surface area (Å²) >= 11 is 0. The third-order valence-electron chi connectivity index (χ3n) is 5.93. The Morgan fingerprint density at radius 1 is 1.00 bits per heavy atom. The van der Waals surface area contributed by atoms with Crippen LogP contribution in [-0.2, 0) is 4.79 Å². The summed E-state index contributed by atoms with van der Waals surface area (Å²) in [5.74, 6) is -2.35. The highest BCUT2D eigenvalue weighted by atomic mass is 16.6. The maximum absolute atomic E-state index is 13.3. The first-order valence-electron chi connectivity index (χ1n) is 9.41. The molecule has 0 bridgehead atoms. The minimum atomic E-state index is -0.849. The number of Topliss-reactive ketones (excluding diaryl/α,β-unsaturated/α-hetero) is 2. The molecule has 29 heavy (non-hydrogen) atoms. The Kier molecular flexibility index (Phi) is 3.74. The van der Waals surface area contributed by atoms with Crippen LogP contribution in [0.2, 0.25) is 0 Å². The van der Waals surface area contributed by atoms with E-state index in [0.717, 1.165) is 12.1 Å². The molecule has 0 saturated heterocycles. The number of hydrogen-bond donors (Lipinski definition) is 0. The predicted molar refractivity (Wildman–Crippen MR) is 103 cm³/mol. The fourth-order valence-electron chi connectivity index (χ4n) is 4.68. The monoisotopic (exact) mass is 387 g/mol. The van der Waals surface area contributed by atoms with Gasteiger partial charge in [-0.25, -0.2) is 0 Å². The molecule has 2 aromatic carbocycles. The average molecular weight is 387 g/mol. The number of benzene rings is 2. The molecule has 0 radical (unpaired) electrons. The van der Waals surface area contributed by atoms with Crippen LogP contribution in [0.5, 0.6) is 5.75 Å². The largest absolute Gasteiger partial charge is 0.872 e. The van der Waals surface area contributed by atoms with E-state index in [1.165, 1.54) is 6.07 Å². The van der Waals surface area contributed by atoms with Gasteiger partial charge in [-0.1, -0.05) is 30.3 Å². The maximum atomic E-state index is 13.3. The van der Waals surface area contributed by atoms with Gasteiger partial charge in [0, 0.05) is 46.9 Å². The molecule has 1 saturated carbocycles. The Bertz CT molecular complexity index is 1180. The Hall–Kier alpha value is -3.61. The van der Waals surface area contributed by atoms with Crippen molar-refractivity contribution in [3.63, 3.8) is 0 Å². The summed E-state index contributed by atoms with van der Waals surface area (Å²) in [4.78, 5) is 41.5. The molecule has 5 rings (SSSR count). The SMILES string of the molecule is O=C1C2=C(N=C3CCCC(=O)C3[C@@H]2c2cc([N+](=O)[O-])ccc2[O-])c2ccccc21. The Morgan fingerprint density at radius 2 is 1.76 bits per heavy atom. The molecule has 1 fully saturated rings. The number of rotatable bonds is 2. The number of nitro benzene ring substituents is 1. The van der Waals surface area contributed by atoms with Gasteiger partial charge >= 0.3 is 0 Å². The van der Waals surface area contributed by atoms with Crippen LogP contribution >= 0.6 is 0 Å². The minimum Gasteiger partial charge on any atom is -0.872 e. The molecule has 3 aliphatic rings. The van der Waals surface area contributed by atoms with E-state index in [1.54, 1.807) is 18.2 Å². The number of carbonyl (C=O) groups excluding carboxylic acids is 2. The molecule has 7 heteroatoms. The van der Waals surface area contributed by atoms with E-state index in [-0.39, 0.29) is 22.8 Å². The van der Waals surface area contributed by atoms with Crippen LogP contribution in [0.25, 0.3) is 5.70 Å². The van der Waals surface area contributed by atoms with Crippen LogP contribution in [0.1, 0.15) is 46.7 Å². The van der Waals surface area contributed by atoms with Crippen molar-refractivity contribution in [1.82, 2.24) is 0 Å². The molecule has 0 amide bonds. The highest BCUT2D eigenvalue weighted by Gasteiger charge is 2.47. The van der Waals surface area contributed by atoms with Crippen molar-refractivity contribution in [2.75, 3.05) is 0 Å². The van der Waals surface area contributed by atoms with Crippen molar-refractivity contribution in [1.29, 1.82) is 0 Å². The van der Waals surface area contributed by atoms with Gasteiger partial charge in [-0.2, -0.15) is 0 Å². The summed E-state index contributed by atoms with van der Waals surface area (Å²) in [7, 11) is 0. The zero-order valence-electron chi connectivity index (χ0n) is 15.3. The summed E-state index contributed by atoms with van der Waals surface area (Å²) in [5.41, 5.74) is 2.48. The zero-order chi connectivity index (χ0) is 20.3. The Labute approximate surface area is 165 Å². The van der Waals surface area contributed by atoms with Crippen molar-refractivity contribution >= 4 is 28.7 Å². The molecule has 2 aliphatic carbocycles. The summed E-state index contributed by atoms with van der Waals surface area (Å²) in [5, 5.41) is 24.0. The molecular formula is C22H15N2O5-. The number of nitro groups is 1. The van der Waals surface area contributed by atoms with Crippen molar-refractivity contribution in [3.8, 4) is 5.75 Å². The van der Waals surface area contributed by atoms with Crippen LogP contribution in [0, 0.1) is 16.0 Å². The first kappa shape index (κ1) is 17.5. The molecule has 0 aromatic heterocycles.